The van der Waals surface area contributed by atoms with Gasteiger partial charge in [-0.05, 0) is 103 Å². The van der Waals surface area contributed by atoms with E-state index in [-0.39, 0.29) is 6.04 Å². The lowest BCUT2D eigenvalue weighted by Crippen LogP contribution is -2.46. The number of aldehydes is 1. The average Bonchev–Trinajstić information content (AvgIpc) is 2.98. The molecule has 0 bridgehead atoms. The summed E-state index contributed by atoms with van der Waals surface area (Å²) in [6.07, 6.45) is 8.07. The quantitative estimate of drug-likeness (QED) is 0.479. The number of carbonyl (C=O) groups excluding carboxylic acids is 1. The van der Waals surface area contributed by atoms with Crippen LogP contribution in [-0.4, -0.2) is 67.4 Å². The van der Waals surface area contributed by atoms with Crippen LogP contribution < -0.4 is 5.32 Å². The number of aromatic nitrogens is 1. The third-order valence-corrected chi connectivity index (χ3v) is 8.44. The van der Waals surface area contributed by atoms with Gasteiger partial charge in [0.05, 0.1) is 11.7 Å². The van der Waals surface area contributed by atoms with E-state index in [0.717, 1.165) is 78.8 Å². The fraction of sp³-hybridized carbons (Fsp3) is 0.538. The van der Waals surface area contributed by atoms with Crippen LogP contribution in [0.3, 0.4) is 0 Å². The number of rotatable bonds is 3. The standard InChI is InChI=1S/C19H20Br2ClN3.C7H13NO/c1-24-4-6-25(7-5-24)19-17-12(9-15(22)10-16(17)21)2-3-13-8-14(20)11-23-18(13)19;9-6-3-7-1-4-8-5-2-7/h8-11,19H,2-7H2,1H3;6-8H,1-5H2. The number of nitrogens with one attached hydrogen (secondary N) is 1. The SMILES string of the molecule is CN1CCN(C2c3ncc(Br)cc3CCc3cc(Cl)cc(Br)c32)CC1.O=CCC1CCNCC1. The van der Waals surface area contributed by atoms with Crippen molar-refractivity contribution in [2.75, 3.05) is 46.3 Å². The van der Waals surface area contributed by atoms with Crippen LogP contribution in [0, 0.1) is 5.92 Å². The van der Waals surface area contributed by atoms with E-state index in [9.17, 15) is 4.79 Å². The summed E-state index contributed by atoms with van der Waals surface area (Å²) in [5.74, 6) is 0.670. The smallest absolute Gasteiger partial charge is 0.120 e. The van der Waals surface area contributed by atoms with E-state index in [1.807, 2.05) is 12.3 Å². The van der Waals surface area contributed by atoms with Crippen LogP contribution in [0.15, 0.2) is 33.3 Å². The van der Waals surface area contributed by atoms with Crippen molar-refractivity contribution in [3.8, 4) is 0 Å². The zero-order valence-electron chi connectivity index (χ0n) is 19.7. The second-order valence-corrected chi connectivity index (χ2v) is 11.7. The molecular weight excluding hydrogens is 580 g/mol. The summed E-state index contributed by atoms with van der Waals surface area (Å²) < 4.78 is 2.14. The number of hydrogen-bond donors (Lipinski definition) is 1. The van der Waals surface area contributed by atoms with Gasteiger partial charge in [-0.25, -0.2) is 0 Å². The predicted molar refractivity (Wildman–Crippen MR) is 146 cm³/mol. The molecule has 8 heteroatoms. The molecule has 2 aliphatic heterocycles. The number of pyridine rings is 1. The van der Waals surface area contributed by atoms with Crippen LogP contribution in [0.5, 0.6) is 0 Å². The second-order valence-electron chi connectivity index (χ2n) is 9.50. The predicted octanol–water partition coefficient (Wildman–Crippen LogP) is 5.27. The van der Waals surface area contributed by atoms with E-state index in [1.54, 1.807) is 0 Å². The molecule has 5 nitrogen and oxygen atoms in total. The summed E-state index contributed by atoms with van der Waals surface area (Å²) in [5, 5.41) is 4.05. The first-order valence-corrected chi connectivity index (χ1v) is 14.1. The van der Waals surface area contributed by atoms with Crippen LogP contribution in [0.25, 0.3) is 0 Å². The molecule has 0 amide bonds. The molecule has 2 aromatic rings. The van der Waals surface area contributed by atoms with E-state index >= 15 is 0 Å². The van der Waals surface area contributed by atoms with Crippen LogP contribution >= 0.6 is 43.5 Å². The molecule has 1 aliphatic carbocycles. The lowest BCUT2D eigenvalue weighted by atomic mass is 9.96. The molecule has 0 spiro atoms. The minimum absolute atomic E-state index is 0.181. The molecule has 34 heavy (non-hydrogen) atoms. The first-order chi connectivity index (χ1) is 16.5. The van der Waals surface area contributed by atoms with Gasteiger partial charge in [0.25, 0.3) is 0 Å². The topological polar surface area (TPSA) is 48.5 Å². The Labute approximate surface area is 224 Å². The molecule has 0 radical (unpaired) electrons. The molecule has 1 atom stereocenters. The highest BCUT2D eigenvalue weighted by molar-refractivity contribution is 9.10. The lowest BCUT2D eigenvalue weighted by molar-refractivity contribution is -0.108. The Morgan fingerprint density at radius 2 is 1.79 bits per heavy atom. The normalized spacial score (nSPS) is 21.6. The second kappa shape index (κ2) is 12.4. The first-order valence-electron chi connectivity index (χ1n) is 12.2. The van der Waals surface area contributed by atoms with Crippen molar-refractivity contribution in [1.82, 2.24) is 20.1 Å². The summed E-state index contributed by atoms with van der Waals surface area (Å²) in [7, 11) is 2.19. The van der Waals surface area contributed by atoms with Crippen LogP contribution in [0.1, 0.15) is 47.7 Å². The minimum atomic E-state index is 0.181. The largest absolute Gasteiger partial charge is 0.317 e. The Hall–Kier alpha value is -0.830. The van der Waals surface area contributed by atoms with Gasteiger partial charge in [-0.3, -0.25) is 9.88 Å². The Morgan fingerprint density at radius 1 is 1.09 bits per heavy atom. The molecule has 2 fully saturated rings. The number of hydrogen-bond acceptors (Lipinski definition) is 5. The molecule has 1 N–H and O–H groups in total. The Morgan fingerprint density at radius 3 is 2.50 bits per heavy atom. The van der Waals surface area contributed by atoms with Gasteiger partial charge >= 0.3 is 0 Å². The highest BCUT2D eigenvalue weighted by Crippen LogP contribution is 2.41. The fourth-order valence-corrected chi connectivity index (χ4v) is 6.65. The van der Waals surface area contributed by atoms with Crippen LogP contribution in [0.4, 0.5) is 0 Å². The van der Waals surface area contributed by atoms with E-state index in [0.29, 0.717) is 5.92 Å². The number of aryl methyl sites for hydroxylation is 2. The Balaban J connectivity index is 0.000000257. The van der Waals surface area contributed by atoms with Crippen molar-refractivity contribution >= 4 is 49.7 Å². The summed E-state index contributed by atoms with van der Waals surface area (Å²) in [6, 6.07) is 6.56. The maximum absolute atomic E-state index is 10.1. The molecule has 2 saturated heterocycles. The number of likely N-dealkylation sites (N-methyl/N-ethyl adjacent to an activating group) is 1. The van der Waals surface area contributed by atoms with Gasteiger partial charge in [0.15, 0.2) is 0 Å². The molecule has 3 heterocycles. The van der Waals surface area contributed by atoms with Crippen molar-refractivity contribution in [3.63, 3.8) is 0 Å². The van der Waals surface area contributed by atoms with Crippen molar-refractivity contribution in [2.24, 2.45) is 5.92 Å². The van der Waals surface area contributed by atoms with Crippen LogP contribution in [-0.2, 0) is 17.6 Å². The summed E-state index contributed by atoms with van der Waals surface area (Å²) in [6.45, 7) is 6.46. The number of fused-ring (bicyclic) bond motifs is 2. The van der Waals surface area contributed by atoms with E-state index < -0.39 is 0 Å². The zero-order chi connectivity index (χ0) is 24.1. The molecule has 0 saturated carbocycles. The third kappa shape index (κ3) is 6.48. The number of piperidine rings is 1. The van der Waals surface area contributed by atoms with Crippen molar-refractivity contribution < 1.29 is 4.79 Å². The molecule has 1 aromatic carbocycles. The van der Waals surface area contributed by atoms with Gasteiger partial charge in [0.2, 0.25) is 0 Å². The number of piperazine rings is 1. The lowest BCUT2D eigenvalue weighted by Gasteiger charge is -2.39. The number of carbonyl (C=O) groups is 1. The summed E-state index contributed by atoms with van der Waals surface area (Å²) in [5.41, 5.74) is 5.19. The molecule has 3 aliphatic rings. The van der Waals surface area contributed by atoms with Crippen molar-refractivity contribution in [1.29, 1.82) is 0 Å². The van der Waals surface area contributed by atoms with Gasteiger partial charge in [-0.1, -0.05) is 27.5 Å². The molecular formula is C26H33Br2ClN4O. The monoisotopic (exact) mass is 610 g/mol. The highest BCUT2D eigenvalue weighted by atomic mass is 79.9. The van der Waals surface area contributed by atoms with Gasteiger partial charge in [-0.2, -0.15) is 0 Å². The number of benzene rings is 1. The zero-order valence-corrected chi connectivity index (χ0v) is 23.6. The van der Waals surface area contributed by atoms with E-state index in [4.69, 9.17) is 16.6 Å². The van der Waals surface area contributed by atoms with Gasteiger partial charge in [-0.15, -0.1) is 0 Å². The fourth-order valence-electron chi connectivity index (χ4n) is 5.18. The summed E-state index contributed by atoms with van der Waals surface area (Å²) >= 11 is 13.7. The minimum Gasteiger partial charge on any atom is -0.317 e. The Kier molecular flexibility index (Phi) is 9.58. The van der Waals surface area contributed by atoms with E-state index in [1.165, 1.54) is 35.2 Å². The third-order valence-electron chi connectivity index (χ3n) is 7.14. The molecule has 184 valence electrons. The maximum Gasteiger partial charge on any atom is 0.120 e. The average molecular weight is 613 g/mol. The highest BCUT2D eigenvalue weighted by Gasteiger charge is 2.33. The molecule has 5 rings (SSSR count). The van der Waals surface area contributed by atoms with Crippen molar-refractivity contribution in [2.45, 2.75) is 38.1 Å². The number of nitrogens with zero attached hydrogens (tertiary/aromatic N) is 3. The van der Waals surface area contributed by atoms with Gasteiger partial charge in [0.1, 0.15) is 6.29 Å². The maximum atomic E-state index is 10.1. The molecule has 1 aromatic heterocycles. The Bertz CT molecular complexity index is 991. The van der Waals surface area contributed by atoms with Crippen molar-refractivity contribution in [3.05, 3.63) is 60.7 Å². The van der Waals surface area contributed by atoms with Gasteiger partial charge < -0.3 is 15.0 Å². The van der Waals surface area contributed by atoms with E-state index in [2.05, 4.69) is 66.2 Å². The summed E-state index contributed by atoms with van der Waals surface area (Å²) in [4.78, 5) is 19.9. The van der Waals surface area contributed by atoms with Gasteiger partial charge in [0, 0.05) is 52.8 Å². The molecule has 1 unspecified atom stereocenters. The van der Waals surface area contributed by atoms with Crippen LogP contribution in [0.2, 0.25) is 5.02 Å². The first kappa shape index (κ1) is 26.2. The number of halogens is 3.